The van der Waals surface area contributed by atoms with Gasteiger partial charge in [0.2, 0.25) is 4.80 Å². The number of hydrogen-bond acceptors (Lipinski definition) is 5. The Kier molecular flexibility index (Phi) is 4.24. The Hall–Kier alpha value is -2.08. The van der Waals surface area contributed by atoms with E-state index in [1.54, 1.807) is 17.0 Å². The third kappa shape index (κ3) is 3.27. The molecule has 2 aromatic rings. The lowest BCUT2D eigenvalue weighted by Gasteiger charge is -2.01. The maximum Gasteiger partial charge on any atom is 0.206 e. The Bertz CT molecular complexity index is 699. The number of aromatic nitrogens is 1. The molecule has 0 unspecified atom stereocenters. The van der Waals surface area contributed by atoms with Gasteiger partial charge in [0.15, 0.2) is 0 Å². The van der Waals surface area contributed by atoms with Crippen LogP contribution in [0.4, 0.5) is 0 Å². The lowest BCUT2D eigenvalue weighted by atomic mass is 10.2. The molecule has 0 amide bonds. The highest BCUT2D eigenvalue weighted by Gasteiger charge is 2.02. The van der Waals surface area contributed by atoms with E-state index in [2.05, 4.69) is 10.1 Å². The SMILES string of the molecule is Cc1csc(=NC(C)C)n1N=Cc1ccc(O)cc1O. The molecule has 1 aromatic carbocycles. The molecule has 0 bridgehead atoms. The second kappa shape index (κ2) is 5.92. The fraction of sp³-hybridized carbons (Fsp3) is 0.286. The number of rotatable bonds is 3. The zero-order chi connectivity index (χ0) is 14.7. The van der Waals surface area contributed by atoms with Crippen LogP contribution >= 0.6 is 11.3 Å². The summed E-state index contributed by atoms with van der Waals surface area (Å²) in [5, 5.41) is 25.3. The van der Waals surface area contributed by atoms with E-state index in [0.29, 0.717) is 5.56 Å². The molecular weight excluding hydrogens is 274 g/mol. The van der Waals surface area contributed by atoms with Crippen molar-refractivity contribution in [3.05, 3.63) is 39.6 Å². The highest BCUT2D eigenvalue weighted by atomic mass is 32.1. The van der Waals surface area contributed by atoms with E-state index in [-0.39, 0.29) is 17.5 Å². The van der Waals surface area contributed by atoms with E-state index in [1.807, 2.05) is 26.2 Å². The largest absolute Gasteiger partial charge is 0.508 e. The van der Waals surface area contributed by atoms with Crippen molar-refractivity contribution < 1.29 is 10.2 Å². The lowest BCUT2D eigenvalue weighted by Crippen LogP contribution is -2.14. The van der Waals surface area contributed by atoms with Gasteiger partial charge in [0.25, 0.3) is 0 Å². The van der Waals surface area contributed by atoms with Gasteiger partial charge in [-0.15, -0.1) is 11.3 Å². The van der Waals surface area contributed by atoms with Crippen LogP contribution in [0.5, 0.6) is 11.5 Å². The fourth-order valence-electron chi connectivity index (χ4n) is 1.60. The van der Waals surface area contributed by atoms with E-state index in [0.717, 1.165) is 10.5 Å². The van der Waals surface area contributed by atoms with Crippen molar-refractivity contribution in [2.45, 2.75) is 26.8 Å². The molecule has 2 N–H and O–H groups in total. The first-order valence-corrected chi connectivity index (χ1v) is 7.12. The Morgan fingerprint density at radius 3 is 2.70 bits per heavy atom. The van der Waals surface area contributed by atoms with E-state index in [4.69, 9.17) is 0 Å². The van der Waals surface area contributed by atoms with E-state index in [9.17, 15) is 10.2 Å². The predicted octanol–water partition coefficient (Wildman–Crippen LogP) is 2.46. The number of phenols is 2. The molecule has 0 aliphatic carbocycles. The summed E-state index contributed by atoms with van der Waals surface area (Å²) in [7, 11) is 0. The van der Waals surface area contributed by atoms with Crippen LogP contribution < -0.4 is 4.80 Å². The standard InChI is InChI=1S/C14H17N3O2S/c1-9(2)16-14-17(10(3)8-20-14)15-7-11-4-5-12(18)6-13(11)19/h4-9,18-19H,1-3H3. The van der Waals surface area contributed by atoms with Crippen molar-refractivity contribution in [3.63, 3.8) is 0 Å². The summed E-state index contributed by atoms with van der Waals surface area (Å²) in [6.45, 7) is 5.97. The first-order valence-electron chi connectivity index (χ1n) is 6.24. The van der Waals surface area contributed by atoms with Gasteiger partial charge in [0.1, 0.15) is 11.5 Å². The molecule has 5 nitrogen and oxygen atoms in total. The lowest BCUT2D eigenvalue weighted by molar-refractivity contribution is 0.450. The monoisotopic (exact) mass is 291 g/mol. The molecular formula is C14H17N3O2S. The summed E-state index contributed by atoms with van der Waals surface area (Å²) < 4.78 is 1.73. The number of aromatic hydroxyl groups is 2. The van der Waals surface area contributed by atoms with Gasteiger partial charge in [-0.25, -0.2) is 4.68 Å². The van der Waals surface area contributed by atoms with Crippen LogP contribution in [0.3, 0.4) is 0 Å². The minimum atomic E-state index is -0.00965. The van der Waals surface area contributed by atoms with Crippen molar-refractivity contribution in [2.75, 3.05) is 0 Å². The minimum Gasteiger partial charge on any atom is -0.508 e. The van der Waals surface area contributed by atoms with Crippen molar-refractivity contribution >= 4 is 17.6 Å². The molecule has 106 valence electrons. The quantitative estimate of drug-likeness (QED) is 0.853. The maximum absolute atomic E-state index is 9.72. The molecule has 0 radical (unpaired) electrons. The summed E-state index contributed by atoms with van der Waals surface area (Å²) in [6.07, 6.45) is 1.55. The normalized spacial score (nSPS) is 12.7. The number of nitrogens with zero attached hydrogens (tertiary/aromatic N) is 3. The van der Waals surface area contributed by atoms with Crippen LogP contribution in [0, 0.1) is 6.92 Å². The molecule has 0 aliphatic rings. The number of hydrogen-bond donors (Lipinski definition) is 2. The number of phenolic OH excluding ortho intramolecular Hbond substituents is 2. The molecule has 1 aromatic heterocycles. The first kappa shape index (κ1) is 14.3. The average Bonchev–Trinajstić information content (AvgIpc) is 2.69. The molecule has 20 heavy (non-hydrogen) atoms. The number of aryl methyl sites for hydroxylation is 1. The average molecular weight is 291 g/mol. The van der Waals surface area contributed by atoms with Gasteiger partial charge in [0, 0.05) is 23.1 Å². The Labute approximate surface area is 121 Å². The Balaban J connectivity index is 2.39. The van der Waals surface area contributed by atoms with Gasteiger partial charge < -0.3 is 10.2 Å². The molecule has 1 heterocycles. The number of benzene rings is 1. The molecule has 0 atom stereocenters. The smallest absolute Gasteiger partial charge is 0.206 e. The molecule has 0 saturated heterocycles. The Morgan fingerprint density at radius 2 is 2.05 bits per heavy atom. The van der Waals surface area contributed by atoms with Crippen LogP contribution in [0.2, 0.25) is 0 Å². The molecule has 2 rings (SSSR count). The maximum atomic E-state index is 9.72. The second-order valence-corrected chi connectivity index (χ2v) is 5.52. The van der Waals surface area contributed by atoms with Crippen LogP contribution in [0.15, 0.2) is 33.7 Å². The van der Waals surface area contributed by atoms with Gasteiger partial charge in [-0.3, -0.25) is 4.99 Å². The third-order valence-corrected chi connectivity index (χ3v) is 3.49. The summed E-state index contributed by atoms with van der Waals surface area (Å²) in [6, 6.07) is 4.59. The summed E-state index contributed by atoms with van der Waals surface area (Å²) >= 11 is 1.53. The van der Waals surface area contributed by atoms with Crippen molar-refractivity contribution in [3.8, 4) is 11.5 Å². The zero-order valence-electron chi connectivity index (χ0n) is 11.6. The fourth-order valence-corrected chi connectivity index (χ4v) is 2.53. The van der Waals surface area contributed by atoms with E-state index in [1.165, 1.54) is 23.5 Å². The van der Waals surface area contributed by atoms with Gasteiger partial charge in [-0.2, -0.15) is 5.10 Å². The molecule has 0 saturated carbocycles. The molecule has 6 heteroatoms. The summed E-state index contributed by atoms with van der Waals surface area (Å²) in [4.78, 5) is 5.31. The minimum absolute atomic E-state index is 0.00965. The van der Waals surface area contributed by atoms with Crippen LogP contribution in [-0.2, 0) is 0 Å². The van der Waals surface area contributed by atoms with Gasteiger partial charge in [0.05, 0.1) is 11.9 Å². The van der Waals surface area contributed by atoms with Crippen molar-refractivity contribution in [1.29, 1.82) is 0 Å². The third-order valence-electron chi connectivity index (χ3n) is 2.55. The number of thiazole rings is 1. The molecule has 0 fully saturated rings. The Morgan fingerprint density at radius 1 is 1.30 bits per heavy atom. The molecule has 0 aliphatic heterocycles. The highest BCUT2D eigenvalue weighted by molar-refractivity contribution is 7.07. The van der Waals surface area contributed by atoms with Gasteiger partial charge in [-0.1, -0.05) is 0 Å². The topological polar surface area (TPSA) is 70.1 Å². The predicted molar refractivity (Wildman–Crippen MR) is 80.5 cm³/mol. The molecule has 0 spiro atoms. The van der Waals surface area contributed by atoms with Crippen LogP contribution in [0.1, 0.15) is 25.1 Å². The van der Waals surface area contributed by atoms with Crippen molar-refractivity contribution in [1.82, 2.24) is 4.68 Å². The van der Waals surface area contributed by atoms with Crippen LogP contribution in [0.25, 0.3) is 0 Å². The van der Waals surface area contributed by atoms with Gasteiger partial charge >= 0.3 is 0 Å². The van der Waals surface area contributed by atoms with Gasteiger partial charge in [-0.05, 0) is 32.9 Å². The van der Waals surface area contributed by atoms with E-state index < -0.39 is 0 Å². The second-order valence-electron chi connectivity index (χ2n) is 4.68. The highest BCUT2D eigenvalue weighted by Crippen LogP contribution is 2.20. The van der Waals surface area contributed by atoms with Crippen molar-refractivity contribution in [2.24, 2.45) is 10.1 Å². The zero-order valence-corrected chi connectivity index (χ0v) is 12.4. The first-order chi connectivity index (χ1) is 9.47. The van der Waals surface area contributed by atoms with E-state index >= 15 is 0 Å². The summed E-state index contributed by atoms with van der Waals surface area (Å²) in [5.74, 6) is 0.0131. The van der Waals surface area contributed by atoms with Crippen LogP contribution in [-0.4, -0.2) is 27.1 Å². The summed E-state index contributed by atoms with van der Waals surface area (Å²) in [5.41, 5.74) is 1.51.